The van der Waals surface area contributed by atoms with Crippen molar-refractivity contribution < 1.29 is 9.69 Å². The number of piperidine rings is 2. The van der Waals surface area contributed by atoms with Gasteiger partial charge in [0, 0.05) is 34.5 Å². The van der Waals surface area contributed by atoms with Gasteiger partial charge in [-0.2, -0.15) is 0 Å². The van der Waals surface area contributed by atoms with Crippen LogP contribution in [0, 0.1) is 0 Å². The second-order valence-corrected chi connectivity index (χ2v) is 9.88. The molecular formula is C24H26ClN2OS+. The van der Waals surface area contributed by atoms with Crippen LogP contribution in [0.2, 0.25) is 5.02 Å². The SMILES string of the molecule is O=C(NC1C[C@H]2CCC[C@@H](C1)[NH+]2Cc1ccccc1)c1sc2ccccc2c1Cl. The van der Waals surface area contributed by atoms with Gasteiger partial charge in [0.2, 0.25) is 0 Å². The first-order chi connectivity index (χ1) is 14.2. The molecule has 3 aromatic rings. The fourth-order valence-corrected chi connectivity index (χ4v) is 6.71. The van der Waals surface area contributed by atoms with Crippen molar-refractivity contribution in [3.05, 3.63) is 70.1 Å². The van der Waals surface area contributed by atoms with E-state index in [-0.39, 0.29) is 11.9 Å². The molecule has 2 bridgehead atoms. The van der Waals surface area contributed by atoms with E-state index in [9.17, 15) is 4.79 Å². The molecule has 3 nitrogen and oxygen atoms in total. The Morgan fingerprint density at radius 2 is 1.72 bits per heavy atom. The number of amides is 1. The summed E-state index contributed by atoms with van der Waals surface area (Å²) in [5.41, 5.74) is 1.42. The third kappa shape index (κ3) is 3.81. The van der Waals surface area contributed by atoms with E-state index < -0.39 is 0 Å². The van der Waals surface area contributed by atoms with Gasteiger partial charge < -0.3 is 10.2 Å². The maximum Gasteiger partial charge on any atom is 0.263 e. The third-order valence-corrected chi connectivity index (χ3v) is 8.29. The summed E-state index contributed by atoms with van der Waals surface area (Å²) in [6, 6.07) is 20.3. The Morgan fingerprint density at radius 3 is 2.45 bits per heavy atom. The van der Waals surface area contributed by atoms with E-state index in [2.05, 4.69) is 35.6 Å². The number of hydrogen-bond acceptors (Lipinski definition) is 2. The number of rotatable bonds is 4. The number of carbonyl (C=O) groups is 1. The van der Waals surface area contributed by atoms with Crippen LogP contribution >= 0.6 is 22.9 Å². The van der Waals surface area contributed by atoms with Crippen LogP contribution < -0.4 is 10.2 Å². The molecule has 150 valence electrons. The van der Waals surface area contributed by atoms with Crippen LogP contribution in [0.15, 0.2) is 54.6 Å². The number of thiophene rings is 1. The number of benzene rings is 2. The van der Waals surface area contributed by atoms with Gasteiger partial charge in [0.15, 0.2) is 0 Å². The van der Waals surface area contributed by atoms with Crippen LogP contribution in [0.3, 0.4) is 0 Å². The molecular weight excluding hydrogens is 400 g/mol. The smallest absolute Gasteiger partial charge is 0.263 e. The number of fused-ring (bicyclic) bond motifs is 3. The number of quaternary nitrogens is 1. The highest BCUT2D eigenvalue weighted by molar-refractivity contribution is 7.21. The molecule has 2 fully saturated rings. The van der Waals surface area contributed by atoms with E-state index >= 15 is 0 Å². The summed E-state index contributed by atoms with van der Waals surface area (Å²) < 4.78 is 1.07. The third-order valence-electron chi connectivity index (χ3n) is 6.62. The molecule has 5 heteroatoms. The fraction of sp³-hybridized carbons (Fsp3) is 0.375. The molecule has 1 amide bonds. The quantitative estimate of drug-likeness (QED) is 0.636. The van der Waals surface area contributed by atoms with Gasteiger partial charge in [-0.15, -0.1) is 11.3 Å². The molecule has 3 heterocycles. The van der Waals surface area contributed by atoms with Gasteiger partial charge in [-0.25, -0.2) is 0 Å². The zero-order valence-corrected chi connectivity index (χ0v) is 17.9. The first kappa shape index (κ1) is 19.1. The highest BCUT2D eigenvalue weighted by Gasteiger charge is 2.42. The van der Waals surface area contributed by atoms with Gasteiger partial charge >= 0.3 is 0 Å². The lowest BCUT2D eigenvalue weighted by Gasteiger charge is -2.46. The molecule has 2 aromatic carbocycles. The largest absolute Gasteiger partial charge is 0.348 e. The fourth-order valence-electron chi connectivity index (χ4n) is 5.29. The second kappa shape index (κ2) is 8.10. The molecule has 29 heavy (non-hydrogen) atoms. The van der Waals surface area contributed by atoms with Crippen LogP contribution in [-0.2, 0) is 6.54 Å². The van der Waals surface area contributed by atoms with Crippen LogP contribution in [0.5, 0.6) is 0 Å². The first-order valence-electron chi connectivity index (χ1n) is 10.6. The molecule has 2 saturated heterocycles. The molecule has 2 N–H and O–H groups in total. The van der Waals surface area contributed by atoms with Crippen molar-refractivity contribution in [3.8, 4) is 0 Å². The van der Waals surface area contributed by atoms with Crippen LogP contribution in [-0.4, -0.2) is 24.0 Å². The molecule has 2 unspecified atom stereocenters. The molecule has 0 aliphatic carbocycles. The minimum absolute atomic E-state index is 0.00853. The van der Waals surface area contributed by atoms with Crippen molar-refractivity contribution in [3.63, 3.8) is 0 Å². The van der Waals surface area contributed by atoms with Gasteiger partial charge in [-0.05, 0) is 25.3 Å². The summed E-state index contributed by atoms with van der Waals surface area (Å²) in [5.74, 6) is -0.00853. The minimum Gasteiger partial charge on any atom is -0.348 e. The second-order valence-electron chi connectivity index (χ2n) is 8.45. The standard InChI is InChI=1S/C24H25ClN2OS/c25-22-20-11-4-5-12-21(20)29-23(22)24(28)26-17-13-18-9-6-10-19(14-17)27(18)15-16-7-2-1-3-8-16/h1-5,7-8,11-12,17-19H,6,9-10,13-15H2,(H,26,28)/p+1/t17?,18-,19+. The van der Waals surface area contributed by atoms with Gasteiger partial charge in [-0.1, -0.05) is 60.1 Å². The van der Waals surface area contributed by atoms with Crippen LogP contribution in [0.1, 0.15) is 47.3 Å². The molecule has 1 aromatic heterocycles. The minimum atomic E-state index is -0.00853. The maximum atomic E-state index is 13.0. The Kier molecular flexibility index (Phi) is 5.33. The summed E-state index contributed by atoms with van der Waals surface area (Å²) in [6.45, 7) is 1.10. The van der Waals surface area contributed by atoms with Crippen LogP contribution in [0.4, 0.5) is 0 Å². The Morgan fingerprint density at radius 1 is 1.03 bits per heavy atom. The van der Waals surface area contributed by atoms with Crippen molar-refractivity contribution >= 4 is 38.9 Å². The predicted octanol–water partition coefficient (Wildman–Crippen LogP) is 4.45. The van der Waals surface area contributed by atoms with Gasteiger partial charge in [0.1, 0.15) is 11.4 Å². The van der Waals surface area contributed by atoms with E-state index in [1.54, 1.807) is 4.90 Å². The zero-order chi connectivity index (χ0) is 19.8. The summed E-state index contributed by atoms with van der Waals surface area (Å²) >= 11 is 8.02. The highest BCUT2D eigenvalue weighted by Crippen LogP contribution is 2.35. The van der Waals surface area contributed by atoms with E-state index in [1.807, 2.05) is 24.3 Å². The van der Waals surface area contributed by atoms with E-state index in [0.717, 1.165) is 29.5 Å². The first-order valence-corrected chi connectivity index (χ1v) is 11.8. The molecule has 5 rings (SSSR count). The van der Waals surface area contributed by atoms with Crippen molar-refractivity contribution in [2.75, 3.05) is 0 Å². The Bertz CT molecular complexity index is 1000. The molecule has 2 aliphatic rings. The average Bonchev–Trinajstić information content (AvgIpc) is 3.06. The van der Waals surface area contributed by atoms with E-state index in [1.165, 1.54) is 36.2 Å². The molecule has 0 saturated carbocycles. The zero-order valence-electron chi connectivity index (χ0n) is 16.4. The van der Waals surface area contributed by atoms with Gasteiger partial charge in [0.25, 0.3) is 5.91 Å². The Labute approximate surface area is 180 Å². The number of carbonyl (C=O) groups excluding carboxylic acids is 1. The monoisotopic (exact) mass is 425 g/mol. The van der Waals surface area contributed by atoms with E-state index in [0.29, 0.717) is 22.0 Å². The summed E-state index contributed by atoms with van der Waals surface area (Å²) in [5, 5.41) is 4.89. The predicted molar refractivity (Wildman–Crippen MR) is 120 cm³/mol. The lowest BCUT2D eigenvalue weighted by atomic mass is 9.81. The normalized spacial score (nSPS) is 26.4. The summed E-state index contributed by atoms with van der Waals surface area (Å²) in [7, 11) is 0. The van der Waals surface area contributed by atoms with Crippen molar-refractivity contribution in [1.82, 2.24) is 5.32 Å². The number of nitrogens with one attached hydrogen (secondary N) is 2. The van der Waals surface area contributed by atoms with Crippen molar-refractivity contribution in [2.24, 2.45) is 0 Å². The maximum absolute atomic E-state index is 13.0. The average molecular weight is 426 g/mol. The summed E-state index contributed by atoms with van der Waals surface area (Å²) in [4.78, 5) is 15.4. The topological polar surface area (TPSA) is 33.5 Å². The molecule has 2 aliphatic heterocycles. The van der Waals surface area contributed by atoms with Crippen LogP contribution in [0.25, 0.3) is 10.1 Å². The van der Waals surface area contributed by atoms with Gasteiger partial charge in [-0.3, -0.25) is 4.79 Å². The summed E-state index contributed by atoms with van der Waals surface area (Å²) in [6.07, 6.45) is 5.96. The highest BCUT2D eigenvalue weighted by atomic mass is 35.5. The molecule has 0 radical (unpaired) electrons. The van der Waals surface area contributed by atoms with E-state index in [4.69, 9.17) is 11.6 Å². The Hall–Kier alpha value is -1.88. The number of hydrogen-bond donors (Lipinski definition) is 2. The Balaban J connectivity index is 1.29. The van der Waals surface area contributed by atoms with Crippen molar-refractivity contribution in [1.29, 1.82) is 0 Å². The lowest BCUT2D eigenvalue weighted by molar-refractivity contribution is -0.973. The van der Waals surface area contributed by atoms with Crippen molar-refractivity contribution in [2.45, 2.75) is 56.8 Å². The molecule has 0 spiro atoms. The lowest BCUT2D eigenvalue weighted by Crippen LogP contribution is -3.20. The molecule has 4 atom stereocenters. The number of halogens is 1. The van der Waals surface area contributed by atoms with Gasteiger partial charge in [0.05, 0.1) is 17.1 Å².